The van der Waals surface area contributed by atoms with Crippen molar-refractivity contribution in [3.05, 3.63) is 35.7 Å². The molecule has 1 saturated heterocycles. The summed E-state index contributed by atoms with van der Waals surface area (Å²) in [5.41, 5.74) is 1.16. The van der Waals surface area contributed by atoms with Crippen LogP contribution in [0.5, 0.6) is 0 Å². The highest BCUT2D eigenvalue weighted by Gasteiger charge is 2.25. The van der Waals surface area contributed by atoms with Crippen molar-refractivity contribution in [2.24, 2.45) is 5.92 Å². The van der Waals surface area contributed by atoms with Crippen molar-refractivity contribution in [3.63, 3.8) is 0 Å². The van der Waals surface area contributed by atoms with Crippen LogP contribution in [-0.4, -0.2) is 24.2 Å². The van der Waals surface area contributed by atoms with Crippen LogP contribution >= 0.6 is 0 Å². The molecule has 0 aliphatic carbocycles. The Hall–Kier alpha value is -1.84. The Labute approximate surface area is 118 Å². The van der Waals surface area contributed by atoms with Crippen molar-refractivity contribution in [2.75, 3.05) is 18.0 Å². The maximum atomic E-state index is 14.1. The molecule has 0 amide bonds. The number of benzene rings is 1. The Balaban J connectivity index is 2.24. The third-order valence-corrected chi connectivity index (χ3v) is 3.72. The Bertz CT molecular complexity index is 513. The second-order valence-electron chi connectivity index (χ2n) is 5.24. The molecule has 1 aromatic rings. The molecular weight excluding hydrogens is 257 g/mol. The molecule has 3 nitrogen and oxygen atoms in total. The van der Waals surface area contributed by atoms with Crippen molar-refractivity contribution in [3.8, 4) is 0 Å². The second kappa shape index (κ2) is 6.55. The van der Waals surface area contributed by atoms with E-state index in [1.807, 2.05) is 4.90 Å². The molecule has 1 N–H and O–H groups in total. The molecule has 1 aliphatic rings. The van der Waals surface area contributed by atoms with Gasteiger partial charge in [0.25, 0.3) is 0 Å². The number of aliphatic carboxylic acids is 1. The summed E-state index contributed by atoms with van der Waals surface area (Å²) in [6.45, 7) is 3.84. The van der Waals surface area contributed by atoms with Gasteiger partial charge in [-0.05, 0) is 30.9 Å². The fourth-order valence-electron chi connectivity index (χ4n) is 2.84. The van der Waals surface area contributed by atoms with Gasteiger partial charge in [-0.25, -0.2) is 9.18 Å². The topological polar surface area (TPSA) is 40.5 Å². The maximum Gasteiger partial charge on any atom is 0.328 e. The number of anilines is 1. The van der Waals surface area contributed by atoms with E-state index in [0.29, 0.717) is 17.2 Å². The molecule has 0 radical (unpaired) electrons. The van der Waals surface area contributed by atoms with Gasteiger partial charge in [-0.1, -0.05) is 25.5 Å². The monoisotopic (exact) mass is 277 g/mol. The first-order valence-corrected chi connectivity index (χ1v) is 7.06. The first-order chi connectivity index (χ1) is 9.61. The molecule has 4 heteroatoms. The third-order valence-electron chi connectivity index (χ3n) is 3.72. The summed E-state index contributed by atoms with van der Waals surface area (Å²) >= 11 is 0. The number of carbonyl (C=O) groups is 1. The van der Waals surface area contributed by atoms with Gasteiger partial charge >= 0.3 is 5.97 Å². The minimum Gasteiger partial charge on any atom is -0.478 e. The first-order valence-electron chi connectivity index (χ1n) is 7.06. The fourth-order valence-corrected chi connectivity index (χ4v) is 2.84. The normalized spacial score (nSPS) is 18.9. The van der Waals surface area contributed by atoms with E-state index in [1.165, 1.54) is 12.1 Å². The van der Waals surface area contributed by atoms with E-state index in [4.69, 9.17) is 5.11 Å². The quantitative estimate of drug-likeness (QED) is 0.837. The lowest BCUT2D eigenvalue weighted by Crippen LogP contribution is -2.21. The second-order valence-corrected chi connectivity index (χ2v) is 5.24. The number of halogens is 1. The molecule has 0 spiro atoms. The highest BCUT2D eigenvalue weighted by molar-refractivity contribution is 5.87. The molecule has 0 bridgehead atoms. The molecule has 1 aliphatic heterocycles. The van der Waals surface area contributed by atoms with E-state index in [0.717, 1.165) is 38.4 Å². The minimum absolute atomic E-state index is 0.283. The van der Waals surface area contributed by atoms with Gasteiger partial charge < -0.3 is 10.0 Å². The van der Waals surface area contributed by atoms with Gasteiger partial charge in [0, 0.05) is 24.7 Å². The standard InChI is InChI=1S/C16H20FNO2/c1-2-4-12-9-10-18(11-12)16-13(7-8-15(19)20)5-3-6-14(16)17/h3,5-8,12H,2,4,9-11H2,1H3,(H,19,20)/b8-7+. The van der Waals surface area contributed by atoms with Crippen molar-refractivity contribution in [1.29, 1.82) is 0 Å². The van der Waals surface area contributed by atoms with Gasteiger partial charge in [0.05, 0.1) is 5.69 Å². The van der Waals surface area contributed by atoms with Crippen LogP contribution in [0.15, 0.2) is 24.3 Å². The van der Waals surface area contributed by atoms with Gasteiger partial charge in [0.2, 0.25) is 0 Å². The molecule has 2 rings (SSSR count). The molecule has 0 saturated carbocycles. The summed E-state index contributed by atoms with van der Waals surface area (Å²) < 4.78 is 14.1. The highest BCUT2D eigenvalue weighted by Crippen LogP contribution is 2.32. The number of para-hydroxylation sites is 1. The predicted octanol–water partition coefficient (Wildman–Crippen LogP) is 3.55. The van der Waals surface area contributed by atoms with Crippen molar-refractivity contribution in [2.45, 2.75) is 26.2 Å². The molecule has 108 valence electrons. The van der Waals surface area contributed by atoms with E-state index in [1.54, 1.807) is 12.1 Å². The van der Waals surface area contributed by atoms with Crippen LogP contribution in [0.25, 0.3) is 6.08 Å². The van der Waals surface area contributed by atoms with Gasteiger partial charge in [0.15, 0.2) is 0 Å². The molecule has 0 aromatic heterocycles. The molecule has 1 atom stereocenters. The zero-order chi connectivity index (χ0) is 14.5. The third kappa shape index (κ3) is 3.38. The lowest BCUT2D eigenvalue weighted by Gasteiger charge is -2.21. The zero-order valence-corrected chi connectivity index (χ0v) is 11.7. The number of carboxylic acid groups (broad SMARTS) is 1. The lowest BCUT2D eigenvalue weighted by molar-refractivity contribution is -0.131. The number of hydrogen-bond donors (Lipinski definition) is 1. The molecule has 1 unspecified atom stereocenters. The Kier molecular flexibility index (Phi) is 4.77. The summed E-state index contributed by atoms with van der Waals surface area (Å²) in [5.74, 6) is -0.698. The summed E-state index contributed by atoms with van der Waals surface area (Å²) in [4.78, 5) is 12.7. The minimum atomic E-state index is -1.02. The van der Waals surface area contributed by atoms with Crippen LogP contribution in [0.2, 0.25) is 0 Å². The van der Waals surface area contributed by atoms with E-state index in [-0.39, 0.29) is 5.82 Å². The summed E-state index contributed by atoms with van der Waals surface area (Å²) in [5, 5.41) is 8.72. The van der Waals surface area contributed by atoms with Crippen LogP contribution in [0.1, 0.15) is 31.7 Å². The van der Waals surface area contributed by atoms with Crippen LogP contribution in [0, 0.1) is 11.7 Å². The largest absolute Gasteiger partial charge is 0.478 e. The average molecular weight is 277 g/mol. The highest BCUT2D eigenvalue weighted by atomic mass is 19.1. The van der Waals surface area contributed by atoms with E-state index in [9.17, 15) is 9.18 Å². The van der Waals surface area contributed by atoms with Crippen LogP contribution in [0.3, 0.4) is 0 Å². The number of hydrogen-bond acceptors (Lipinski definition) is 2. The summed E-state index contributed by atoms with van der Waals surface area (Å²) in [6, 6.07) is 4.80. The number of nitrogens with zero attached hydrogens (tertiary/aromatic N) is 1. The summed E-state index contributed by atoms with van der Waals surface area (Å²) in [6.07, 6.45) is 5.89. The van der Waals surface area contributed by atoms with E-state index in [2.05, 4.69) is 6.92 Å². The van der Waals surface area contributed by atoms with Gasteiger partial charge in [-0.15, -0.1) is 0 Å². The van der Waals surface area contributed by atoms with Gasteiger partial charge in [-0.3, -0.25) is 0 Å². The average Bonchev–Trinajstić information content (AvgIpc) is 2.85. The number of rotatable bonds is 5. The van der Waals surface area contributed by atoms with Crippen LogP contribution in [0.4, 0.5) is 10.1 Å². The van der Waals surface area contributed by atoms with E-state index >= 15 is 0 Å². The maximum absolute atomic E-state index is 14.1. The molecule has 1 aromatic carbocycles. The van der Waals surface area contributed by atoms with Crippen molar-refractivity contribution in [1.82, 2.24) is 0 Å². The Morgan fingerprint density at radius 1 is 1.55 bits per heavy atom. The van der Waals surface area contributed by atoms with Gasteiger partial charge in [0.1, 0.15) is 5.82 Å². The van der Waals surface area contributed by atoms with Crippen molar-refractivity contribution < 1.29 is 14.3 Å². The first kappa shape index (κ1) is 14.6. The SMILES string of the molecule is CCCC1CCN(c2c(F)cccc2/C=C/C(=O)O)C1. The smallest absolute Gasteiger partial charge is 0.328 e. The fraction of sp³-hybridized carbons (Fsp3) is 0.438. The summed E-state index contributed by atoms with van der Waals surface area (Å²) in [7, 11) is 0. The van der Waals surface area contributed by atoms with Crippen LogP contribution < -0.4 is 4.90 Å². The van der Waals surface area contributed by atoms with Crippen molar-refractivity contribution >= 4 is 17.7 Å². The Morgan fingerprint density at radius 2 is 2.35 bits per heavy atom. The Morgan fingerprint density at radius 3 is 3.05 bits per heavy atom. The number of carboxylic acids is 1. The lowest BCUT2D eigenvalue weighted by atomic mass is 10.0. The molecule has 20 heavy (non-hydrogen) atoms. The van der Waals surface area contributed by atoms with E-state index < -0.39 is 5.97 Å². The zero-order valence-electron chi connectivity index (χ0n) is 11.7. The predicted molar refractivity (Wildman–Crippen MR) is 78.3 cm³/mol. The van der Waals surface area contributed by atoms with Crippen LogP contribution in [-0.2, 0) is 4.79 Å². The van der Waals surface area contributed by atoms with Gasteiger partial charge in [-0.2, -0.15) is 0 Å². The molecule has 1 fully saturated rings. The molecule has 1 heterocycles. The molecular formula is C16H20FNO2.